The fourth-order valence-electron chi connectivity index (χ4n) is 1.70. The molecule has 17 heavy (non-hydrogen) atoms. The molecule has 0 rings (SSSR count). The van der Waals surface area contributed by atoms with Crippen molar-refractivity contribution >= 4 is 15.2 Å². The van der Waals surface area contributed by atoms with Gasteiger partial charge >= 0.3 is 10.1 Å². The number of unbranched alkanes of at least 4 members (excludes halogenated alkanes) is 8. The van der Waals surface area contributed by atoms with Crippen LogP contribution in [0.2, 0.25) is 0 Å². The zero-order valence-electron chi connectivity index (χ0n) is 10.6. The first-order valence-electron chi connectivity index (χ1n) is 6.47. The van der Waals surface area contributed by atoms with Crippen LogP contribution in [0.5, 0.6) is 0 Å². The Balaban J connectivity index is 3.27. The van der Waals surface area contributed by atoms with Gasteiger partial charge in [0, 0.05) is 6.42 Å². The van der Waals surface area contributed by atoms with Gasteiger partial charge in [0.1, 0.15) is 0 Å². The number of hydrogen-bond donors (Lipinski definition) is 0. The van der Waals surface area contributed by atoms with Gasteiger partial charge in [0.25, 0.3) is 5.12 Å². The highest BCUT2D eigenvalue weighted by Crippen LogP contribution is 2.11. The molecule has 0 fully saturated rings. The zero-order chi connectivity index (χ0) is 13.1. The minimum Gasteiger partial charge on any atom is -0.279 e. The monoisotopic (exact) mass is 263 g/mol. The van der Waals surface area contributed by atoms with Crippen molar-refractivity contribution in [3.63, 3.8) is 0 Å². The van der Waals surface area contributed by atoms with Gasteiger partial charge in [-0.1, -0.05) is 62.8 Å². The van der Waals surface area contributed by atoms with E-state index in [1.807, 2.05) is 0 Å². The van der Waals surface area contributed by atoms with Gasteiger partial charge in [-0.05, 0) is 6.42 Å². The van der Waals surface area contributed by atoms with Crippen LogP contribution >= 0.6 is 0 Å². The molecule has 0 saturated carbocycles. The van der Waals surface area contributed by atoms with Crippen LogP contribution in [-0.4, -0.2) is 13.5 Å². The Kier molecular flexibility index (Phi) is 9.36. The van der Waals surface area contributed by atoms with Crippen molar-refractivity contribution in [2.24, 2.45) is 0 Å². The lowest BCUT2D eigenvalue weighted by molar-refractivity contribution is -0.112. The van der Waals surface area contributed by atoms with Crippen LogP contribution in [0.4, 0.5) is 0 Å². The Bertz CT molecular complexity index is 296. The number of hydrogen-bond acceptors (Lipinski definition) is 3. The van der Waals surface area contributed by atoms with Gasteiger partial charge < -0.3 is 0 Å². The fourth-order valence-corrected chi connectivity index (χ4v) is 2.10. The molecule has 0 bridgehead atoms. The molecule has 4 nitrogen and oxygen atoms in total. The van der Waals surface area contributed by atoms with Crippen molar-refractivity contribution in [2.45, 2.75) is 71.1 Å². The number of carbonyl (C=O) groups is 1. The summed E-state index contributed by atoms with van der Waals surface area (Å²) in [7, 11) is -4.70. The minimum absolute atomic E-state index is 0.123. The summed E-state index contributed by atoms with van der Waals surface area (Å²) in [5, 5.41) is -1.17. The van der Waals surface area contributed by atoms with Crippen LogP contribution in [0.25, 0.3) is 0 Å². The molecule has 0 atom stereocenters. The summed E-state index contributed by atoms with van der Waals surface area (Å²) in [6, 6.07) is 0. The van der Waals surface area contributed by atoms with Gasteiger partial charge in [-0.15, -0.1) is 0 Å². The van der Waals surface area contributed by atoms with Gasteiger partial charge in [-0.2, -0.15) is 8.42 Å². The predicted molar refractivity (Wildman–Crippen MR) is 66.5 cm³/mol. The Hall–Kier alpha value is -0.420. The summed E-state index contributed by atoms with van der Waals surface area (Å²) >= 11 is 0. The predicted octanol–water partition coefficient (Wildman–Crippen LogP) is 3.19. The van der Waals surface area contributed by atoms with E-state index in [0.29, 0.717) is 6.42 Å². The Morgan fingerprint density at radius 3 is 1.65 bits per heavy atom. The van der Waals surface area contributed by atoms with Crippen molar-refractivity contribution in [1.29, 1.82) is 0 Å². The molecule has 0 aliphatic carbocycles. The summed E-state index contributed by atoms with van der Waals surface area (Å²) in [5.74, 6) is 0. The normalized spacial score (nSPS) is 11.6. The third-order valence-electron chi connectivity index (χ3n) is 2.76. The smallest absolute Gasteiger partial charge is 0.279 e. The molecule has 0 amide bonds. The quantitative estimate of drug-likeness (QED) is 0.568. The summed E-state index contributed by atoms with van der Waals surface area (Å²) in [6.45, 7) is 2.18. The van der Waals surface area contributed by atoms with Crippen molar-refractivity contribution in [2.75, 3.05) is 0 Å². The van der Waals surface area contributed by atoms with E-state index in [1.165, 1.54) is 32.1 Å². The van der Waals surface area contributed by atoms with E-state index in [-0.39, 0.29) is 6.42 Å². The molecule has 5 heteroatoms. The summed E-state index contributed by atoms with van der Waals surface area (Å²) in [4.78, 5) is 10.8. The van der Waals surface area contributed by atoms with Gasteiger partial charge in [-0.25, -0.2) is 0 Å². The number of rotatable bonds is 10. The Morgan fingerprint density at radius 2 is 1.24 bits per heavy atom. The molecule has 0 heterocycles. The van der Waals surface area contributed by atoms with E-state index in [9.17, 15) is 17.8 Å². The van der Waals surface area contributed by atoms with Crippen molar-refractivity contribution < 1.29 is 17.8 Å². The second-order valence-corrected chi connectivity index (χ2v) is 5.77. The van der Waals surface area contributed by atoms with E-state index in [2.05, 4.69) is 6.92 Å². The lowest BCUT2D eigenvalue weighted by Crippen LogP contribution is -2.11. The topological polar surface area (TPSA) is 71.1 Å². The second kappa shape index (κ2) is 9.59. The van der Waals surface area contributed by atoms with Gasteiger partial charge in [0.15, 0.2) is 0 Å². The summed E-state index contributed by atoms with van der Waals surface area (Å²) in [5.41, 5.74) is 0. The molecule has 101 valence electrons. The van der Waals surface area contributed by atoms with Gasteiger partial charge in [-0.3, -0.25) is 4.79 Å². The Labute approximate surface area is 105 Å². The Morgan fingerprint density at radius 1 is 0.824 bits per heavy atom. The van der Waals surface area contributed by atoms with Crippen LogP contribution in [-0.2, 0) is 19.5 Å². The maximum absolute atomic E-state index is 10.8. The zero-order valence-corrected chi connectivity index (χ0v) is 11.4. The van der Waals surface area contributed by atoms with E-state index in [1.54, 1.807) is 0 Å². The van der Waals surface area contributed by atoms with E-state index >= 15 is 0 Å². The summed E-state index contributed by atoms with van der Waals surface area (Å²) < 4.78 is 30.9. The highest BCUT2D eigenvalue weighted by molar-refractivity contribution is 8.00. The molecule has 1 radical (unpaired) electrons. The van der Waals surface area contributed by atoms with Crippen LogP contribution in [0.3, 0.4) is 0 Å². The molecule has 0 N–H and O–H groups in total. The van der Waals surface area contributed by atoms with Crippen molar-refractivity contribution in [3.05, 3.63) is 0 Å². The summed E-state index contributed by atoms with van der Waals surface area (Å²) in [6.07, 6.45) is 9.62. The standard InChI is InChI=1S/C12H23O4S/c1-2-3-4-5-6-7-8-9-10-11-12(13)17(14,15)16/h2-11H2,1H3. The molecular formula is C12H23O4S. The minimum atomic E-state index is -4.70. The molecule has 0 aliphatic rings. The molecule has 0 aliphatic heterocycles. The van der Waals surface area contributed by atoms with Crippen LogP contribution in [0.1, 0.15) is 71.1 Å². The molecule has 0 spiro atoms. The van der Waals surface area contributed by atoms with Crippen LogP contribution in [0.15, 0.2) is 0 Å². The third kappa shape index (κ3) is 10.5. The lowest BCUT2D eigenvalue weighted by Gasteiger charge is -2.00. The lowest BCUT2D eigenvalue weighted by atomic mass is 10.1. The van der Waals surface area contributed by atoms with E-state index in [0.717, 1.165) is 19.3 Å². The third-order valence-corrected chi connectivity index (χ3v) is 3.53. The molecule has 0 aromatic heterocycles. The average molecular weight is 263 g/mol. The molecule has 0 aromatic rings. The maximum atomic E-state index is 10.8. The molecule has 0 aromatic carbocycles. The first-order chi connectivity index (χ1) is 7.98. The first-order valence-corrected chi connectivity index (χ1v) is 7.88. The molecular weight excluding hydrogens is 240 g/mol. The van der Waals surface area contributed by atoms with Gasteiger partial charge in [0.05, 0.1) is 0 Å². The fraction of sp³-hybridized carbons (Fsp3) is 0.917. The van der Waals surface area contributed by atoms with Gasteiger partial charge in [0.2, 0.25) is 0 Å². The SMILES string of the molecule is CCCCCCCCCCCC(=O)S([O])(=O)=O. The first kappa shape index (κ1) is 16.6. The van der Waals surface area contributed by atoms with E-state index < -0.39 is 15.2 Å². The number of carbonyl (C=O) groups excluding carboxylic acids is 1. The average Bonchev–Trinajstić information content (AvgIpc) is 2.25. The molecule has 0 saturated heterocycles. The second-order valence-electron chi connectivity index (χ2n) is 4.40. The molecule has 0 unspecified atom stereocenters. The highest BCUT2D eigenvalue weighted by Gasteiger charge is 2.18. The van der Waals surface area contributed by atoms with E-state index in [4.69, 9.17) is 0 Å². The largest absolute Gasteiger partial charge is 0.358 e. The highest BCUT2D eigenvalue weighted by atomic mass is 32.2. The maximum Gasteiger partial charge on any atom is 0.358 e. The van der Waals surface area contributed by atoms with Crippen molar-refractivity contribution in [1.82, 2.24) is 0 Å². The van der Waals surface area contributed by atoms with Crippen LogP contribution < -0.4 is 0 Å². The van der Waals surface area contributed by atoms with Crippen LogP contribution in [0, 0.1) is 0 Å². The van der Waals surface area contributed by atoms with Crippen molar-refractivity contribution in [3.8, 4) is 0 Å².